The molecule has 1 heterocycles. The Kier molecular flexibility index (Phi) is 4.70. The van der Waals surface area contributed by atoms with Gasteiger partial charge in [0.25, 0.3) is 0 Å². The van der Waals surface area contributed by atoms with Gasteiger partial charge in [0.15, 0.2) is 5.75 Å². The average molecular weight is 306 g/mol. The molecule has 0 spiro atoms. The maximum absolute atomic E-state index is 10.9. The quantitative estimate of drug-likeness (QED) is 0.774. The monoisotopic (exact) mass is 305 g/mol. The minimum atomic E-state index is -0.927. The van der Waals surface area contributed by atoms with Gasteiger partial charge in [-0.3, -0.25) is 0 Å². The second kappa shape index (κ2) is 6.04. The van der Waals surface area contributed by atoms with Crippen LogP contribution in [0.1, 0.15) is 0 Å². The molecule has 7 nitrogen and oxygen atoms in total. The van der Waals surface area contributed by atoms with Gasteiger partial charge in [0.05, 0.1) is 18.7 Å². The van der Waals surface area contributed by atoms with Crippen molar-refractivity contribution in [2.24, 2.45) is 0 Å². The van der Waals surface area contributed by atoms with Crippen molar-refractivity contribution in [1.82, 2.24) is 4.98 Å². The zero-order valence-corrected chi connectivity index (χ0v) is 10.5. The van der Waals surface area contributed by atoms with Crippen LogP contribution in [0.4, 0.5) is 9.59 Å². The Hall–Kier alpha value is -1.83. The third-order valence-electron chi connectivity index (χ3n) is 1.51. The summed E-state index contributed by atoms with van der Waals surface area (Å²) in [6.45, 7) is 0. The van der Waals surface area contributed by atoms with E-state index in [1.165, 1.54) is 19.4 Å². The van der Waals surface area contributed by atoms with Gasteiger partial charge in [-0.15, -0.1) is 0 Å². The molecule has 0 atom stereocenters. The van der Waals surface area contributed by atoms with Gasteiger partial charge in [-0.2, -0.15) is 0 Å². The predicted octanol–water partition coefficient (Wildman–Crippen LogP) is 2.13. The fraction of sp³-hybridized carbons (Fsp3) is 0.222. The van der Waals surface area contributed by atoms with Crippen LogP contribution in [0.25, 0.3) is 0 Å². The van der Waals surface area contributed by atoms with Gasteiger partial charge in [-0.05, 0) is 15.9 Å². The lowest BCUT2D eigenvalue weighted by atomic mass is 10.4. The third-order valence-corrected chi connectivity index (χ3v) is 2.11. The van der Waals surface area contributed by atoms with Crippen molar-refractivity contribution >= 4 is 28.2 Å². The highest BCUT2D eigenvalue weighted by atomic mass is 79.9. The summed E-state index contributed by atoms with van der Waals surface area (Å²) in [4.78, 5) is 25.5. The Bertz CT molecular complexity index is 435. The molecule has 0 bridgehead atoms. The number of halogens is 1. The summed E-state index contributed by atoms with van der Waals surface area (Å²) in [5.41, 5.74) is 0. The van der Waals surface area contributed by atoms with E-state index < -0.39 is 12.3 Å². The van der Waals surface area contributed by atoms with E-state index in [1.54, 1.807) is 0 Å². The van der Waals surface area contributed by atoms with E-state index in [-0.39, 0.29) is 11.6 Å². The summed E-state index contributed by atoms with van der Waals surface area (Å²) < 4.78 is 18.4. The lowest BCUT2D eigenvalue weighted by Gasteiger charge is -2.06. The molecule has 0 aliphatic heterocycles. The van der Waals surface area contributed by atoms with E-state index in [4.69, 9.17) is 4.74 Å². The molecule has 0 aliphatic carbocycles. The van der Waals surface area contributed by atoms with Crippen molar-refractivity contribution in [2.45, 2.75) is 0 Å². The maximum Gasteiger partial charge on any atom is 0.514 e. The number of hydrogen-bond donors (Lipinski definition) is 0. The van der Waals surface area contributed by atoms with Gasteiger partial charge in [0.1, 0.15) is 0 Å². The minimum Gasteiger partial charge on any atom is -0.437 e. The predicted molar refractivity (Wildman–Crippen MR) is 58.0 cm³/mol. The summed E-state index contributed by atoms with van der Waals surface area (Å²) in [5.74, 6) is 0.0321. The van der Waals surface area contributed by atoms with Gasteiger partial charge in [-0.25, -0.2) is 14.6 Å². The highest BCUT2D eigenvalue weighted by molar-refractivity contribution is 9.10. The van der Waals surface area contributed by atoms with Crippen molar-refractivity contribution < 1.29 is 28.5 Å². The highest BCUT2D eigenvalue weighted by Crippen LogP contribution is 2.27. The first-order valence-electron chi connectivity index (χ1n) is 4.24. The molecule has 8 heteroatoms. The van der Waals surface area contributed by atoms with E-state index in [9.17, 15) is 9.59 Å². The molecule has 1 rings (SSSR count). The lowest BCUT2D eigenvalue weighted by molar-refractivity contribution is 0.118. The summed E-state index contributed by atoms with van der Waals surface area (Å²) in [6.07, 6.45) is -0.527. The van der Waals surface area contributed by atoms with Crippen molar-refractivity contribution in [2.75, 3.05) is 14.2 Å². The molecule has 1 aromatic heterocycles. The lowest BCUT2D eigenvalue weighted by Crippen LogP contribution is -2.10. The molecule has 0 saturated carbocycles. The Labute approximate surface area is 105 Å². The fourth-order valence-corrected chi connectivity index (χ4v) is 1.09. The van der Waals surface area contributed by atoms with E-state index >= 15 is 0 Å². The number of aromatic nitrogens is 1. The molecule has 92 valence electrons. The average Bonchev–Trinajstić information content (AvgIpc) is 2.33. The topological polar surface area (TPSA) is 84.0 Å². The van der Waals surface area contributed by atoms with Crippen molar-refractivity contribution in [3.8, 4) is 11.6 Å². The van der Waals surface area contributed by atoms with Gasteiger partial charge in [0.2, 0.25) is 5.88 Å². The van der Waals surface area contributed by atoms with Crippen LogP contribution in [0.5, 0.6) is 11.6 Å². The standard InChI is InChI=1S/C9H8BrNO6/c1-14-8(12)16-6-3-7(11-4-5(6)10)17-9(13)15-2/h3-4H,1-2H3. The van der Waals surface area contributed by atoms with Crippen LogP contribution in [0.2, 0.25) is 0 Å². The molecule has 0 aromatic carbocycles. The second-order valence-corrected chi connectivity index (χ2v) is 3.42. The number of nitrogens with zero attached hydrogens (tertiary/aromatic N) is 1. The van der Waals surface area contributed by atoms with Gasteiger partial charge in [-0.1, -0.05) is 0 Å². The summed E-state index contributed by atoms with van der Waals surface area (Å²) >= 11 is 3.10. The Balaban J connectivity index is 2.86. The first kappa shape index (κ1) is 13.2. The zero-order valence-electron chi connectivity index (χ0n) is 8.93. The number of methoxy groups -OCH3 is 2. The minimum absolute atomic E-state index is 0.0704. The Morgan fingerprint density at radius 2 is 1.76 bits per heavy atom. The fourth-order valence-electron chi connectivity index (χ4n) is 0.795. The van der Waals surface area contributed by atoms with E-state index in [0.717, 1.165) is 7.11 Å². The Morgan fingerprint density at radius 1 is 1.18 bits per heavy atom. The van der Waals surface area contributed by atoms with Crippen LogP contribution >= 0.6 is 15.9 Å². The third kappa shape index (κ3) is 3.91. The first-order chi connectivity index (χ1) is 8.06. The van der Waals surface area contributed by atoms with Gasteiger partial charge in [0, 0.05) is 12.3 Å². The van der Waals surface area contributed by atoms with Crippen LogP contribution in [0.3, 0.4) is 0 Å². The van der Waals surface area contributed by atoms with Gasteiger partial charge < -0.3 is 18.9 Å². The van der Waals surface area contributed by atoms with E-state index in [0.29, 0.717) is 4.47 Å². The number of carbonyl (C=O) groups is 2. The van der Waals surface area contributed by atoms with Crippen LogP contribution in [0.15, 0.2) is 16.7 Å². The number of ether oxygens (including phenoxy) is 4. The Morgan fingerprint density at radius 3 is 2.35 bits per heavy atom. The largest absolute Gasteiger partial charge is 0.514 e. The molecule has 0 radical (unpaired) electrons. The first-order valence-corrected chi connectivity index (χ1v) is 5.03. The number of carbonyl (C=O) groups excluding carboxylic acids is 2. The highest BCUT2D eigenvalue weighted by Gasteiger charge is 2.12. The molecule has 0 fully saturated rings. The van der Waals surface area contributed by atoms with Crippen LogP contribution < -0.4 is 9.47 Å². The molecule has 0 N–H and O–H groups in total. The summed E-state index contributed by atoms with van der Waals surface area (Å²) in [6, 6.07) is 1.23. The van der Waals surface area contributed by atoms with E-state index in [2.05, 4.69) is 35.1 Å². The molecule has 0 unspecified atom stereocenters. The molecule has 0 aliphatic rings. The van der Waals surface area contributed by atoms with Crippen LogP contribution in [-0.4, -0.2) is 31.5 Å². The SMILES string of the molecule is COC(=O)Oc1cc(OC(=O)OC)c(Br)cn1. The maximum atomic E-state index is 10.9. The molecule has 1 aromatic rings. The smallest absolute Gasteiger partial charge is 0.437 e. The number of hydrogen-bond acceptors (Lipinski definition) is 7. The molecule has 0 amide bonds. The number of rotatable bonds is 2. The molecule has 0 saturated heterocycles. The zero-order chi connectivity index (χ0) is 12.8. The summed E-state index contributed by atoms with van der Waals surface area (Å²) in [5, 5.41) is 0. The normalized spacial score (nSPS) is 9.35. The van der Waals surface area contributed by atoms with E-state index in [1.807, 2.05) is 0 Å². The van der Waals surface area contributed by atoms with Crippen LogP contribution in [0, 0.1) is 0 Å². The number of pyridine rings is 1. The second-order valence-electron chi connectivity index (χ2n) is 2.57. The summed E-state index contributed by atoms with van der Waals surface area (Å²) in [7, 11) is 2.33. The van der Waals surface area contributed by atoms with Gasteiger partial charge >= 0.3 is 12.3 Å². The molecular weight excluding hydrogens is 298 g/mol. The van der Waals surface area contributed by atoms with Crippen LogP contribution in [-0.2, 0) is 9.47 Å². The molecule has 17 heavy (non-hydrogen) atoms. The van der Waals surface area contributed by atoms with Crippen molar-refractivity contribution in [1.29, 1.82) is 0 Å². The van der Waals surface area contributed by atoms with Crippen molar-refractivity contribution in [3.63, 3.8) is 0 Å². The van der Waals surface area contributed by atoms with Crippen molar-refractivity contribution in [3.05, 3.63) is 16.7 Å². The molecular formula is C9H8BrNO6.